The van der Waals surface area contributed by atoms with E-state index in [1.165, 1.54) is 0 Å². The van der Waals surface area contributed by atoms with E-state index in [0.717, 1.165) is 6.42 Å². The Balaban J connectivity index is 3.38. The quantitative estimate of drug-likeness (QED) is 0.187. The summed E-state index contributed by atoms with van der Waals surface area (Å²) >= 11 is 0. The second-order valence-electron chi connectivity index (χ2n) is 8.09. The van der Waals surface area contributed by atoms with Gasteiger partial charge in [0.2, 0.25) is 5.91 Å². The second kappa shape index (κ2) is 22.8. The molecule has 2 N–H and O–H groups in total. The number of ketones is 1. The minimum atomic E-state index is -1.80. The minimum Gasteiger partial charge on any atom is -0.377 e. The molecular formula is C24H45FN2O8. The van der Waals surface area contributed by atoms with Crippen molar-refractivity contribution in [2.45, 2.75) is 46.7 Å². The average Bonchev–Trinajstić information content (AvgIpc) is 2.87. The number of Topliss-reactive ketones (excluding diaryl/α,β-unsaturated/α-hetero) is 1. The largest absolute Gasteiger partial charge is 0.377 e. The third-order valence-electron chi connectivity index (χ3n) is 5.24. The fourth-order valence-electron chi connectivity index (χ4n) is 2.42. The number of alkyl halides is 1. The molecule has 3 unspecified atom stereocenters. The molecule has 0 aromatic rings. The van der Waals surface area contributed by atoms with E-state index >= 15 is 0 Å². The van der Waals surface area contributed by atoms with Crippen LogP contribution in [0.1, 0.15) is 40.5 Å². The van der Waals surface area contributed by atoms with E-state index in [-0.39, 0.29) is 49.8 Å². The number of rotatable bonds is 24. The van der Waals surface area contributed by atoms with Crippen LogP contribution in [0.25, 0.3) is 0 Å². The highest BCUT2D eigenvalue weighted by atomic mass is 19.1. The molecule has 2 amide bonds. The molecule has 0 bridgehead atoms. The SMILES string of the molecule is CCC(C)C(=O)COCCOCCOCCOCCOCCNC(=O)C(F)CNC(=O)C(C)CC. The Bertz CT molecular complexity index is 568. The summed E-state index contributed by atoms with van der Waals surface area (Å²) < 4.78 is 40.4. The lowest BCUT2D eigenvalue weighted by Gasteiger charge is -2.13. The molecule has 0 spiro atoms. The highest BCUT2D eigenvalue weighted by molar-refractivity contribution is 5.83. The number of hydrogen-bond donors (Lipinski definition) is 2. The van der Waals surface area contributed by atoms with Gasteiger partial charge in [0.1, 0.15) is 6.61 Å². The fourth-order valence-corrected chi connectivity index (χ4v) is 2.42. The summed E-state index contributed by atoms with van der Waals surface area (Å²) in [5, 5.41) is 4.85. The zero-order valence-electron chi connectivity index (χ0n) is 21.8. The highest BCUT2D eigenvalue weighted by Crippen LogP contribution is 2.02. The van der Waals surface area contributed by atoms with Gasteiger partial charge in [-0.25, -0.2) is 4.39 Å². The smallest absolute Gasteiger partial charge is 0.256 e. The molecule has 11 heteroatoms. The maximum atomic E-state index is 13.8. The normalized spacial score (nSPS) is 13.7. The number of ether oxygens (including phenoxy) is 5. The van der Waals surface area contributed by atoms with Crippen molar-refractivity contribution in [1.29, 1.82) is 0 Å². The van der Waals surface area contributed by atoms with Crippen LogP contribution in [0.5, 0.6) is 0 Å². The van der Waals surface area contributed by atoms with Crippen LogP contribution >= 0.6 is 0 Å². The van der Waals surface area contributed by atoms with Crippen LogP contribution in [0.3, 0.4) is 0 Å². The average molecular weight is 509 g/mol. The highest BCUT2D eigenvalue weighted by Gasteiger charge is 2.19. The first-order valence-electron chi connectivity index (χ1n) is 12.4. The van der Waals surface area contributed by atoms with E-state index in [0.29, 0.717) is 59.3 Å². The molecule has 10 nitrogen and oxygen atoms in total. The Kier molecular flexibility index (Phi) is 21.7. The first-order valence-corrected chi connectivity index (χ1v) is 12.4. The molecule has 0 aromatic heterocycles. The lowest BCUT2D eigenvalue weighted by atomic mass is 10.1. The van der Waals surface area contributed by atoms with Crippen molar-refractivity contribution in [3.8, 4) is 0 Å². The van der Waals surface area contributed by atoms with Crippen molar-refractivity contribution >= 4 is 17.6 Å². The summed E-state index contributed by atoms with van der Waals surface area (Å²) in [6, 6.07) is 0. The topological polar surface area (TPSA) is 121 Å². The van der Waals surface area contributed by atoms with E-state index in [1.807, 2.05) is 20.8 Å². The Labute approximate surface area is 208 Å². The molecule has 0 saturated heterocycles. The first-order chi connectivity index (χ1) is 16.8. The zero-order valence-corrected chi connectivity index (χ0v) is 21.8. The molecule has 0 aliphatic heterocycles. The number of carbonyl (C=O) groups is 3. The van der Waals surface area contributed by atoms with E-state index in [2.05, 4.69) is 10.6 Å². The van der Waals surface area contributed by atoms with Crippen molar-refractivity contribution in [3.63, 3.8) is 0 Å². The fraction of sp³-hybridized carbons (Fsp3) is 0.875. The van der Waals surface area contributed by atoms with Crippen molar-refractivity contribution in [2.24, 2.45) is 11.8 Å². The third-order valence-corrected chi connectivity index (χ3v) is 5.24. The molecule has 0 heterocycles. The summed E-state index contributed by atoms with van der Waals surface area (Å²) in [5.74, 6) is -1.12. The molecular weight excluding hydrogens is 463 g/mol. The van der Waals surface area contributed by atoms with Crippen LogP contribution in [0, 0.1) is 11.8 Å². The Morgan fingerprint density at radius 2 is 1.11 bits per heavy atom. The number of carbonyl (C=O) groups excluding carboxylic acids is 3. The summed E-state index contributed by atoms with van der Waals surface area (Å²) in [5.41, 5.74) is 0. The molecule has 0 saturated carbocycles. The van der Waals surface area contributed by atoms with Gasteiger partial charge >= 0.3 is 0 Å². The van der Waals surface area contributed by atoms with Crippen LogP contribution in [-0.2, 0) is 38.1 Å². The van der Waals surface area contributed by atoms with Crippen LogP contribution in [0.4, 0.5) is 4.39 Å². The number of amides is 2. The molecule has 3 atom stereocenters. The minimum absolute atomic E-state index is 0.0307. The van der Waals surface area contributed by atoms with Crippen molar-refractivity contribution < 1.29 is 42.5 Å². The standard InChI is InChI=1S/C24H45FN2O8/c1-5-19(3)22(28)18-35-16-15-34-14-13-33-12-11-32-10-9-31-8-7-26-24(30)21(25)17-27-23(29)20(4)6-2/h19-21H,5-18H2,1-4H3,(H,26,30)(H,27,29). The molecule has 35 heavy (non-hydrogen) atoms. The van der Waals surface area contributed by atoms with Crippen LogP contribution in [0.15, 0.2) is 0 Å². The summed E-state index contributed by atoms with van der Waals surface area (Å²) in [6.45, 7) is 10.8. The summed E-state index contributed by atoms with van der Waals surface area (Å²) in [6.07, 6.45) is -0.328. The second-order valence-corrected chi connectivity index (χ2v) is 8.09. The molecule has 0 fully saturated rings. The molecule has 206 valence electrons. The predicted molar refractivity (Wildman–Crippen MR) is 129 cm³/mol. The van der Waals surface area contributed by atoms with Gasteiger partial charge in [-0.2, -0.15) is 0 Å². The summed E-state index contributed by atoms with van der Waals surface area (Å²) in [7, 11) is 0. The monoisotopic (exact) mass is 508 g/mol. The Morgan fingerprint density at radius 3 is 1.60 bits per heavy atom. The van der Waals surface area contributed by atoms with Gasteiger partial charge in [-0.15, -0.1) is 0 Å². The lowest BCUT2D eigenvalue weighted by molar-refractivity contribution is -0.128. The molecule has 0 radical (unpaired) electrons. The van der Waals surface area contributed by atoms with E-state index in [1.54, 1.807) is 6.92 Å². The number of nitrogens with one attached hydrogen (secondary N) is 2. The zero-order chi connectivity index (χ0) is 26.3. The summed E-state index contributed by atoms with van der Waals surface area (Å²) in [4.78, 5) is 34.8. The Morgan fingerprint density at radius 1 is 0.657 bits per heavy atom. The van der Waals surface area contributed by atoms with Gasteiger partial charge in [0.25, 0.3) is 5.91 Å². The Hall–Kier alpha value is -1.66. The van der Waals surface area contributed by atoms with Gasteiger partial charge in [-0.1, -0.05) is 27.7 Å². The lowest BCUT2D eigenvalue weighted by Crippen LogP contribution is -2.42. The van der Waals surface area contributed by atoms with Gasteiger partial charge in [0.05, 0.1) is 66.0 Å². The molecule has 0 rings (SSSR count). The predicted octanol–water partition coefficient (Wildman–Crippen LogP) is 1.30. The third kappa shape index (κ3) is 19.2. The molecule has 0 aliphatic carbocycles. The van der Waals surface area contributed by atoms with Crippen LogP contribution < -0.4 is 10.6 Å². The first kappa shape index (κ1) is 33.3. The van der Waals surface area contributed by atoms with E-state index in [4.69, 9.17) is 23.7 Å². The maximum Gasteiger partial charge on any atom is 0.256 e. The van der Waals surface area contributed by atoms with Crippen molar-refractivity contribution in [3.05, 3.63) is 0 Å². The van der Waals surface area contributed by atoms with Crippen LogP contribution in [-0.4, -0.2) is 103 Å². The maximum absolute atomic E-state index is 13.8. The van der Waals surface area contributed by atoms with E-state index in [9.17, 15) is 18.8 Å². The number of hydrogen-bond acceptors (Lipinski definition) is 8. The van der Waals surface area contributed by atoms with Crippen molar-refractivity contribution in [1.82, 2.24) is 10.6 Å². The number of halogens is 1. The molecule has 0 aliphatic rings. The van der Waals surface area contributed by atoms with Crippen LogP contribution in [0.2, 0.25) is 0 Å². The molecule has 0 aromatic carbocycles. The van der Waals surface area contributed by atoms with Gasteiger partial charge < -0.3 is 34.3 Å². The van der Waals surface area contributed by atoms with Gasteiger partial charge in [-0.3, -0.25) is 14.4 Å². The van der Waals surface area contributed by atoms with E-state index < -0.39 is 12.1 Å². The van der Waals surface area contributed by atoms with Gasteiger partial charge in [-0.05, 0) is 12.8 Å². The van der Waals surface area contributed by atoms with Gasteiger partial charge in [0, 0.05) is 18.4 Å². The van der Waals surface area contributed by atoms with Gasteiger partial charge in [0.15, 0.2) is 12.0 Å². The van der Waals surface area contributed by atoms with Crippen molar-refractivity contribution in [2.75, 3.05) is 79.2 Å².